The molecule has 0 aliphatic carbocycles. The first kappa shape index (κ1) is 21.3. The van der Waals surface area contributed by atoms with Crippen LogP contribution in [0.2, 0.25) is 5.02 Å². The fraction of sp³-hybridized carbons (Fsp3) is 0.429. The fourth-order valence-corrected chi connectivity index (χ4v) is 3.56. The summed E-state index contributed by atoms with van der Waals surface area (Å²) in [5.74, 6) is 1.82. The Morgan fingerprint density at radius 1 is 1.35 bits per heavy atom. The van der Waals surface area contributed by atoms with Gasteiger partial charge in [-0.05, 0) is 31.2 Å². The van der Waals surface area contributed by atoms with E-state index in [2.05, 4.69) is 20.3 Å². The van der Waals surface area contributed by atoms with Gasteiger partial charge in [-0.1, -0.05) is 22.8 Å². The number of hydrogen-bond acceptors (Lipinski definition) is 7. The van der Waals surface area contributed by atoms with Crippen molar-refractivity contribution in [1.29, 1.82) is 0 Å². The van der Waals surface area contributed by atoms with Crippen molar-refractivity contribution in [2.45, 2.75) is 32.3 Å². The van der Waals surface area contributed by atoms with Gasteiger partial charge < -0.3 is 18.9 Å². The lowest BCUT2D eigenvalue weighted by Crippen LogP contribution is -2.42. The summed E-state index contributed by atoms with van der Waals surface area (Å²) in [6.07, 6.45) is 1.16. The number of aromatic nitrogens is 4. The average molecular weight is 446 g/mol. The molecule has 0 unspecified atom stereocenters. The van der Waals surface area contributed by atoms with E-state index >= 15 is 0 Å². The molecule has 164 valence electrons. The van der Waals surface area contributed by atoms with E-state index in [1.807, 2.05) is 18.2 Å². The van der Waals surface area contributed by atoms with Crippen molar-refractivity contribution >= 4 is 17.5 Å². The molecule has 1 N–H and O–H groups in total. The SMILES string of the molecule is Cc1noc(CCC(=O)N2CCO[C@@H](c3cc(CCOc4cccc(Cl)c4)[nH]n3)C2)n1. The van der Waals surface area contributed by atoms with Crippen LogP contribution in [0.1, 0.15) is 35.6 Å². The van der Waals surface area contributed by atoms with Gasteiger partial charge in [-0.25, -0.2) is 0 Å². The van der Waals surface area contributed by atoms with Crippen LogP contribution in [-0.4, -0.2) is 57.4 Å². The summed E-state index contributed by atoms with van der Waals surface area (Å²) in [4.78, 5) is 18.5. The minimum absolute atomic E-state index is 0.0369. The van der Waals surface area contributed by atoms with Crippen LogP contribution in [0.5, 0.6) is 5.75 Å². The lowest BCUT2D eigenvalue weighted by atomic mass is 10.1. The van der Waals surface area contributed by atoms with Gasteiger partial charge in [0, 0.05) is 36.5 Å². The first-order valence-electron chi connectivity index (χ1n) is 10.2. The Kier molecular flexibility index (Phi) is 6.83. The van der Waals surface area contributed by atoms with Gasteiger partial charge in [0.2, 0.25) is 11.8 Å². The van der Waals surface area contributed by atoms with Crippen molar-refractivity contribution < 1.29 is 18.8 Å². The summed E-state index contributed by atoms with van der Waals surface area (Å²) in [5, 5.41) is 11.8. The molecule has 1 aliphatic heterocycles. The third-order valence-corrected chi connectivity index (χ3v) is 5.19. The smallest absolute Gasteiger partial charge is 0.227 e. The zero-order valence-electron chi connectivity index (χ0n) is 17.2. The van der Waals surface area contributed by atoms with E-state index in [1.165, 1.54) is 0 Å². The van der Waals surface area contributed by atoms with Gasteiger partial charge in [-0.3, -0.25) is 9.89 Å². The first-order chi connectivity index (χ1) is 15.1. The molecule has 2 aromatic heterocycles. The van der Waals surface area contributed by atoms with Crippen molar-refractivity contribution in [3.63, 3.8) is 0 Å². The van der Waals surface area contributed by atoms with Gasteiger partial charge in [-0.15, -0.1) is 0 Å². The summed E-state index contributed by atoms with van der Waals surface area (Å²) in [7, 11) is 0. The maximum absolute atomic E-state index is 12.6. The minimum Gasteiger partial charge on any atom is -0.493 e. The fourth-order valence-electron chi connectivity index (χ4n) is 3.38. The number of aryl methyl sites for hydroxylation is 2. The molecule has 9 nitrogen and oxygen atoms in total. The largest absolute Gasteiger partial charge is 0.493 e. The molecule has 1 atom stereocenters. The van der Waals surface area contributed by atoms with Gasteiger partial charge in [0.15, 0.2) is 5.82 Å². The number of aromatic amines is 1. The number of morpholine rings is 1. The van der Waals surface area contributed by atoms with Gasteiger partial charge in [0.05, 0.1) is 25.5 Å². The number of amides is 1. The van der Waals surface area contributed by atoms with Gasteiger partial charge >= 0.3 is 0 Å². The van der Waals surface area contributed by atoms with Gasteiger partial charge in [-0.2, -0.15) is 10.1 Å². The molecule has 31 heavy (non-hydrogen) atoms. The molecule has 1 amide bonds. The lowest BCUT2D eigenvalue weighted by Gasteiger charge is -2.32. The Morgan fingerprint density at radius 2 is 2.26 bits per heavy atom. The molecule has 1 saturated heterocycles. The van der Waals surface area contributed by atoms with Crippen LogP contribution in [0.3, 0.4) is 0 Å². The number of nitrogens with one attached hydrogen (secondary N) is 1. The maximum atomic E-state index is 12.6. The average Bonchev–Trinajstić information content (AvgIpc) is 3.41. The Bertz CT molecular complexity index is 1020. The van der Waals surface area contributed by atoms with Crippen LogP contribution in [0.15, 0.2) is 34.9 Å². The molecule has 0 spiro atoms. The maximum Gasteiger partial charge on any atom is 0.227 e. The van der Waals surface area contributed by atoms with E-state index in [0.29, 0.717) is 62.3 Å². The van der Waals surface area contributed by atoms with Gasteiger partial charge in [0.1, 0.15) is 11.9 Å². The Labute approximate surface area is 184 Å². The summed E-state index contributed by atoms with van der Waals surface area (Å²) >= 11 is 5.97. The van der Waals surface area contributed by atoms with Crippen molar-refractivity contribution in [2.24, 2.45) is 0 Å². The third-order valence-electron chi connectivity index (χ3n) is 4.96. The highest BCUT2D eigenvalue weighted by molar-refractivity contribution is 6.30. The highest BCUT2D eigenvalue weighted by Crippen LogP contribution is 2.22. The number of halogens is 1. The molecule has 1 fully saturated rings. The molecule has 1 aromatic carbocycles. The monoisotopic (exact) mass is 445 g/mol. The minimum atomic E-state index is -0.262. The Balaban J connectivity index is 1.26. The number of carbonyl (C=O) groups excluding carboxylic acids is 1. The summed E-state index contributed by atoms with van der Waals surface area (Å²) in [6, 6.07) is 9.26. The molecular formula is C21H24ClN5O4. The van der Waals surface area contributed by atoms with Crippen molar-refractivity contribution in [3.05, 3.63) is 58.5 Å². The van der Waals surface area contributed by atoms with E-state index in [4.69, 9.17) is 25.6 Å². The number of H-pyrrole nitrogens is 1. The zero-order chi connectivity index (χ0) is 21.6. The number of carbonyl (C=O) groups is 1. The highest BCUT2D eigenvalue weighted by atomic mass is 35.5. The van der Waals surface area contributed by atoms with Gasteiger partial charge in [0.25, 0.3) is 0 Å². The van der Waals surface area contributed by atoms with E-state index in [0.717, 1.165) is 17.1 Å². The Hall–Kier alpha value is -2.91. The number of rotatable bonds is 8. The Morgan fingerprint density at radius 3 is 3.06 bits per heavy atom. The molecule has 10 heteroatoms. The second kappa shape index (κ2) is 9.93. The van der Waals surface area contributed by atoms with Crippen LogP contribution >= 0.6 is 11.6 Å². The number of nitrogens with zero attached hydrogens (tertiary/aromatic N) is 4. The number of benzene rings is 1. The summed E-state index contributed by atoms with van der Waals surface area (Å²) in [6.45, 7) is 3.74. The quantitative estimate of drug-likeness (QED) is 0.568. The lowest BCUT2D eigenvalue weighted by molar-refractivity contribution is -0.139. The molecular weight excluding hydrogens is 422 g/mol. The van der Waals surface area contributed by atoms with E-state index in [1.54, 1.807) is 24.0 Å². The second-order valence-corrected chi connectivity index (χ2v) is 7.74. The topological polar surface area (TPSA) is 106 Å². The van der Waals surface area contributed by atoms with Crippen LogP contribution in [0.25, 0.3) is 0 Å². The van der Waals surface area contributed by atoms with Crippen LogP contribution in [0, 0.1) is 6.92 Å². The predicted molar refractivity (Wildman–Crippen MR) is 112 cm³/mol. The molecule has 0 radical (unpaired) electrons. The van der Waals surface area contributed by atoms with E-state index in [-0.39, 0.29) is 12.0 Å². The van der Waals surface area contributed by atoms with Crippen LogP contribution < -0.4 is 4.74 Å². The standard InChI is InChI=1S/C21H24ClN5O4/c1-14-23-20(31-26-14)5-6-21(28)27-8-10-30-19(13-27)18-12-16(24-25-18)7-9-29-17-4-2-3-15(22)11-17/h2-4,11-12,19H,5-10,13H2,1H3,(H,24,25)/t19-/m1/s1. The van der Waals surface area contributed by atoms with E-state index < -0.39 is 0 Å². The second-order valence-electron chi connectivity index (χ2n) is 7.31. The molecule has 0 saturated carbocycles. The number of ether oxygens (including phenoxy) is 2. The third kappa shape index (κ3) is 5.83. The first-order valence-corrected chi connectivity index (χ1v) is 10.6. The normalized spacial score (nSPS) is 16.5. The summed E-state index contributed by atoms with van der Waals surface area (Å²) in [5.41, 5.74) is 1.72. The molecule has 3 aromatic rings. The highest BCUT2D eigenvalue weighted by Gasteiger charge is 2.27. The van der Waals surface area contributed by atoms with Crippen molar-refractivity contribution in [1.82, 2.24) is 25.2 Å². The van der Waals surface area contributed by atoms with Crippen LogP contribution in [0.4, 0.5) is 0 Å². The summed E-state index contributed by atoms with van der Waals surface area (Å²) < 4.78 is 16.6. The molecule has 3 heterocycles. The van der Waals surface area contributed by atoms with Crippen LogP contribution in [-0.2, 0) is 22.4 Å². The van der Waals surface area contributed by atoms with Crippen molar-refractivity contribution in [2.75, 3.05) is 26.3 Å². The predicted octanol–water partition coefficient (Wildman–Crippen LogP) is 2.91. The number of hydrogen-bond donors (Lipinski definition) is 1. The molecule has 0 bridgehead atoms. The zero-order valence-corrected chi connectivity index (χ0v) is 18.0. The molecule has 1 aliphatic rings. The van der Waals surface area contributed by atoms with E-state index in [9.17, 15) is 4.79 Å². The van der Waals surface area contributed by atoms with Crippen molar-refractivity contribution in [3.8, 4) is 5.75 Å². The molecule has 4 rings (SSSR count).